The Bertz CT molecular complexity index is 988. The maximum Gasteiger partial charge on any atom is 0.474 e. The second kappa shape index (κ2) is 29.7. The van der Waals surface area contributed by atoms with Crippen LogP contribution in [0.1, 0.15) is 19.3 Å². The molecule has 4 atom stereocenters. The molecule has 0 radical (unpaired) electrons. The number of unbranched alkanes of at least 4 members (excludes halogenated alkanes) is 1. The molecule has 0 spiro atoms. The molecule has 0 aliphatic rings. The first kappa shape index (κ1) is 49.2. The van der Waals surface area contributed by atoms with E-state index in [9.17, 15) is 23.2 Å². The molecule has 25 heteroatoms. The van der Waals surface area contributed by atoms with Gasteiger partial charge in [0.2, 0.25) is 0 Å². The Balaban J connectivity index is 4.39. The molecule has 0 saturated heterocycles. The fourth-order valence-corrected chi connectivity index (χ4v) is 6.07. The minimum atomic E-state index is -4.44. The fourth-order valence-electron chi connectivity index (χ4n) is 3.24. The van der Waals surface area contributed by atoms with Crippen LogP contribution in [0.4, 0.5) is 0 Å². The molecule has 0 aliphatic carbocycles. The molecule has 0 saturated carbocycles. The number of hydrogen-bond acceptors (Lipinski definition) is 19. The zero-order chi connectivity index (χ0) is 36.9. The molecule has 0 heterocycles. The van der Waals surface area contributed by atoms with Gasteiger partial charge in [-0.1, -0.05) is 6.42 Å². The van der Waals surface area contributed by atoms with Gasteiger partial charge in [-0.3, -0.25) is 45.2 Å². The molecule has 0 rings (SSSR count). The van der Waals surface area contributed by atoms with Crippen LogP contribution in [-0.2, 0) is 82.4 Å². The van der Waals surface area contributed by atoms with E-state index in [1.807, 2.05) is 7.05 Å². The lowest BCUT2D eigenvalue weighted by molar-refractivity contribution is 0.0148. The number of phosphoric acid groups is 4. The molecular weight excluding hydrogens is 746 g/mol. The van der Waals surface area contributed by atoms with Crippen LogP contribution in [0.25, 0.3) is 0 Å². The van der Waals surface area contributed by atoms with E-state index in [1.54, 1.807) is 0 Å². The Morgan fingerprint density at radius 2 is 0.898 bits per heavy atom. The van der Waals surface area contributed by atoms with Crippen molar-refractivity contribution in [2.45, 2.75) is 19.3 Å². The molecule has 296 valence electrons. The molecule has 3 N–H and O–H groups in total. The first-order valence-corrected chi connectivity index (χ1v) is 21.1. The van der Waals surface area contributed by atoms with Crippen molar-refractivity contribution >= 4 is 31.3 Å². The standard InChI is InChI=1S/C24H55NO20P4/c1-25-9-7-6-8-24(22-44-47(28,29)41-19-15-37-11-12-38-16-20-42-48(30,33-3)34-4)23-45-49(31,35-5)43-21-17-39-13-10-36-14-18-40-46(26,27)32-2/h24-25H,6-23H2,1-5H3,(H,26,27)(H,28,29). The predicted molar refractivity (Wildman–Crippen MR) is 173 cm³/mol. The molecular formula is C24H55NO20P4. The second-order valence-electron chi connectivity index (χ2n) is 9.40. The Labute approximate surface area is 288 Å². The Morgan fingerprint density at radius 1 is 0.490 bits per heavy atom. The zero-order valence-corrected chi connectivity index (χ0v) is 32.4. The summed E-state index contributed by atoms with van der Waals surface area (Å²) < 4.78 is 118. The van der Waals surface area contributed by atoms with Crippen molar-refractivity contribution in [3.63, 3.8) is 0 Å². The van der Waals surface area contributed by atoms with Crippen molar-refractivity contribution in [2.24, 2.45) is 5.92 Å². The van der Waals surface area contributed by atoms with E-state index < -0.39 is 37.2 Å². The van der Waals surface area contributed by atoms with Crippen LogP contribution in [0.2, 0.25) is 0 Å². The number of phosphoric ester groups is 4. The van der Waals surface area contributed by atoms with E-state index in [2.05, 4.69) is 23.4 Å². The van der Waals surface area contributed by atoms with Crippen LogP contribution in [0.5, 0.6) is 0 Å². The van der Waals surface area contributed by atoms with Gasteiger partial charge in [0.15, 0.2) is 0 Å². The molecule has 0 aromatic carbocycles. The Morgan fingerprint density at radius 3 is 1.35 bits per heavy atom. The lowest BCUT2D eigenvalue weighted by Crippen LogP contribution is -2.18. The fraction of sp³-hybridized carbons (Fsp3) is 1.00. The number of nitrogens with one attached hydrogen (secondary N) is 1. The molecule has 0 bridgehead atoms. The maximum absolute atomic E-state index is 12.9. The van der Waals surface area contributed by atoms with E-state index in [0.717, 1.165) is 33.6 Å². The van der Waals surface area contributed by atoms with Crippen molar-refractivity contribution in [3.8, 4) is 0 Å². The Hall–Kier alpha value is 0.240. The van der Waals surface area contributed by atoms with Crippen LogP contribution in [0, 0.1) is 5.92 Å². The van der Waals surface area contributed by atoms with Gasteiger partial charge in [0.25, 0.3) is 0 Å². The second-order valence-corrected chi connectivity index (χ2v) is 16.1. The highest BCUT2D eigenvalue weighted by Gasteiger charge is 2.29. The van der Waals surface area contributed by atoms with E-state index in [-0.39, 0.29) is 92.5 Å². The van der Waals surface area contributed by atoms with Crippen LogP contribution in [0.15, 0.2) is 0 Å². The summed E-state index contributed by atoms with van der Waals surface area (Å²) in [6, 6.07) is 0. The number of hydrogen-bond donors (Lipinski definition) is 3. The van der Waals surface area contributed by atoms with Crippen LogP contribution in [-0.4, -0.2) is 144 Å². The van der Waals surface area contributed by atoms with E-state index in [4.69, 9.17) is 51.0 Å². The quantitative estimate of drug-likeness (QED) is 0.0603. The lowest BCUT2D eigenvalue weighted by atomic mass is 10.0. The van der Waals surface area contributed by atoms with Gasteiger partial charge in [0.05, 0.1) is 92.5 Å². The summed E-state index contributed by atoms with van der Waals surface area (Å²) in [5, 5.41) is 3.04. The average molecular weight is 802 g/mol. The minimum absolute atomic E-state index is 0.0173. The number of ether oxygens (including phenoxy) is 4. The van der Waals surface area contributed by atoms with E-state index >= 15 is 0 Å². The summed E-state index contributed by atoms with van der Waals surface area (Å²) in [5.74, 6) is -0.451. The summed E-state index contributed by atoms with van der Waals surface area (Å²) in [6.45, 7) is 0.659. The van der Waals surface area contributed by atoms with Gasteiger partial charge in [-0.2, -0.15) is 0 Å². The van der Waals surface area contributed by atoms with E-state index in [1.165, 1.54) is 14.2 Å². The van der Waals surface area contributed by atoms with Gasteiger partial charge in [-0.05, 0) is 26.4 Å². The predicted octanol–water partition coefficient (Wildman–Crippen LogP) is 3.16. The van der Waals surface area contributed by atoms with Gasteiger partial charge in [-0.25, -0.2) is 18.3 Å². The SMILES string of the molecule is CNCCCCC(COP(=O)(O)OCCOCCOCCOP(=O)(OC)OC)COP(=O)(OC)OCCOCCOCCOP(=O)(O)OC. The Kier molecular flexibility index (Phi) is 29.8. The zero-order valence-electron chi connectivity index (χ0n) is 28.8. The maximum atomic E-state index is 12.9. The van der Waals surface area contributed by atoms with Gasteiger partial charge < -0.3 is 34.1 Å². The van der Waals surface area contributed by atoms with E-state index in [0.29, 0.717) is 6.42 Å². The topological polar surface area (TPSA) is 250 Å². The van der Waals surface area contributed by atoms with Gasteiger partial charge in [0, 0.05) is 34.4 Å². The van der Waals surface area contributed by atoms with Crippen molar-refractivity contribution in [2.75, 3.05) is 135 Å². The lowest BCUT2D eigenvalue weighted by Gasteiger charge is -2.22. The van der Waals surface area contributed by atoms with Crippen LogP contribution in [0.3, 0.4) is 0 Å². The third-order valence-electron chi connectivity index (χ3n) is 5.79. The molecule has 4 unspecified atom stereocenters. The third-order valence-corrected chi connectivity index (χ3v) is 10.6. The highest BCUT2D eigenvalue weighted by molar-refractivity contribution is 7.48. The van der Waals surface area contributed by atoms with Crippen LogP contribution >= 0.6 is 31.3 Å². The third kappa shape index (κ3) is 28.4. The molecule has 0 aromatic heterocycles. The van der Waals surface area contributed by atoms with Crippen molar-refractivity contribution in [3.05, 3.63) is 0 Å². The summed E-state index contributed by atoms with van der Waals surface area (Å²) in [7, 11) is -9.60. The van der Waals surface area contributed by atoms with Crippen LogP contribution < -0.4 is 5.32 Å². The highest BCUT2D eigenvalue weighted by atomic mass is 31.2. The first-order chi connectivity index (χ1) is 23.3. The summed E-state index contributed by atoms with van der Waals surface area (Å²) in [6.07, 6.45) is 2.06. The average Bonchev–Trinajstić information content (AvgIpc) is 3.08. The summed E-state index contributed by atoms with van der Waals surface area (Å²) >= 11 is 0. The largest absolute Gasteiger partial charge is 0.474 e. The highest BCUT2D eigenvalue weighted by Crippen LogP contribution is 2.50. The normalized spacial score (nSPS) is 16.6. The molecule has 0 aromatic rings. The van der Waals surface area contributed by atoms with Gasteiger partial charge in [-0.15, -0.1) is 0 Å². The summed E-state index contributed by atoms with van der Waals surface area (Å²) in [4.78, 5) is 19.2. The van der Waals surface area contributed by atoms with Crippen molar-refractivity contribution < 1.29 is 92.2 Å². The monoisotopic (exact) mass is 801 g/mol. The smallest absolute Gasteiger partial charge is 0.377 e. The molecule has 0 amide bonds. The molecule has 21 nitrogen and oxygen atoms in total. The van der Waals surface area contributed by atoms with Gasteiger partial charge in [0.1, 0.15) is 0 Å². The summed E-state index contributed by atoms with van der Waals surface area (Å²) in [5.41, 5.74) is 0. The first-order valence-electron chi connectivity index (χ1n) is 15.2. The van der Waals surface area contributed by atoms with Gasteiger partial charge >= 0.3 is 31.3 Å². The minimum Gasteiger partial charge on any atom is -0.377 e. The molecule has 0 fully saturated rings. The molecule has 0 aliphatic heterocycles. The van der Waals surface area contributed by atoms with Crippen molar-refractivity contribution in [1.29, 1.82) is 0 Å². The molecule has 49 heavy (non-hydrogen) atoms. The number of rotatable bonds is 37. The van der Waals surface area contributed by atoms with Crippen molar-refractivity contribution in [1.82, 2.24) is 5.32 Å².